The Labute approximate surface area is 125 Å². The van der Waals surface area contributed by atoms with Crippen LogP contribution in [-0.2, 0) is 12.8 Å². The Balaban J connectivity index is 2.12. The van der Waals surface area contributed by atoms with Gasteiger partial charge in [-0.2, -0.15) is 0 Å². The molecule has 0 unspecified atom stereocenters. The monoisotopic (exact) mass is 289 g/mol. The van der Waals surface area contributed by atoms with Gasteiger partial charge in [0.2, 0.25) is 0 Å². The molecule has 1 aromatic carbocycles. The van der Waals surface area contributed by atoms with Crippen LogP contribution in [0.2, 0.25) is 5.15 Å². The number of benzene rings is 1. The SMILES string of the molecule is CCCc1ccc(Nc2cc(Cl)nc(CCC)n2)cc1. The number of hydrogen-bond donors (Lipinski definition) is 1. The molecule has 1 heterocycles. The number of aryl methyl sites for hydroxylation is 2. The first-order valence-electron chi connectivity index (χ1n) is 7.10. The zero-order valence-electron chi connectivity index (χ0n) is 12.0. The fraction of sp³-hybridized carbons (Fsp3) is 0.375. The minimum atomic E-state index is 0.480. The van der Waals surface area contributed by atoms with E-state index in [2.05, 4.69) is 53.4 Å². The van der Waals surface area contributed by atoms with Crippen molar-refractivity contribution in [2.75, 3.05) is 5.32 Å². The van der Waals surface area contributed by atoms with Crippen molar-refractivity contribution in [1.82, 2.24) is 9.97 Å². The van der Waals surface area contributed by atoms with E-state index in [1.54, 1.807) is 6.07 Å². The van der Waals surface area contributed by atoms with Crippen LogP contribution in [0.25, 0.3) is 0 Å². The van der Waals surface area contributed by atoms with Gasteiger partial charge in [-0.05, 0) is 30.5 Å². The normalized spacial score (nSPS) is 10.6. The Morgan fingerprint density at radius 1 is 1.00 bits per heavy atom. The van der Waals surface area contributed by atoms with Gasteiger partial charge in [0.15, 0.2) is 0 Å². The summed E-state index contributed by atoms with van der Waals surface area (Å²) in [4.78, 5) is 8.69. The average Bonchev–Trinajstić information content (AvgIpc) is 2.41. The highest BCUT2D eigenvalue weighted by Gasteiger charge is 2.03. The molecule has 1 aromatic heterocycles. The van der Waals surface area contributed by atoms with Gasteiger partial charge in [-0.3, -0.25) is 0 Å². The van der Waals surface area contributed by atoms with Crippen molar-refractivity contribution in [1.29, 1.82) is 0 Å². The van der Waals surface area contributed by atoms with Gasteiger partial charge >= 0.3 is 0 Å². The Hall–Kier alpha value is -1.61. The van der Waals surface area contributed by atoms with E-state index in [1.165, 1.54) is 5.56 Å². The molecule has 0 aliphatic heterocycles. The number of aromatic nitrogens is 2. The van der Waals surface area contributed by atoms with Crippen molar-refractivity contribution in [2.45, 2.75) is 39.5 Å². The van der Waals surface area contributed by atoms with Crippen LogP contribution in [-0.4, -0.2) is 9.97 Å². The van der Waals surface area contributed by atoms with Crippen LogP contribution in [0.15, 0.2) is 30.3 Å². The first-order chi connectivity index (χ1) is 9.71. The van der Waals surface area contributed by atoms with E-state index in [9.17, 15) is 0 Å². The Bertz CT molecular complexity index is 552. The third-order valence-corrected chi connectivity index (χ3v) is 3.17. The maximum Gasteiger partial charge on any atom is 0.135 e. The standard InChI is InChI=1S/C16H20ClN3/c1-3-5-12-7-9-13(10-8-12)18-16-11-14(17)19-15(20-16)6-4-2/h7-11H,3-6H2,1-2H3,(H,18,19,20). The van der Waals surface area contributed by atoms with Gasteiger partial charge < -0.3 is 5.32 Å². The summed E-state index contributed by atoms with van der Waals surface area (Å²) < 4.78 is 0. The second kappa shape index (κ2) is 7.25. The van der Waals surface area contributed by atoms with Crippen molar-refractivity contribution < 1.29 is 0 Å². The Morgan fingerprint density at radius 3 is 2.35 bits per heavy atom. The molecule has 1 N–H and O–H groups in total. The lowest BCUT2D eigenvalue weighted by molar-refractivity contribution is 0.837. The van der Waals surface area contributed by atoms with Crippen LogP contribution >= 0.6 is 11.6 Å². The van der Waals surface area contributed by atoms with Crippen LogP contribution < -0.4 is 5.32 Å². The van der Waals surface area contributed by atoms with Crippen LogP contribution in [0.3, 0.4) is 0 Å². The van der Waals surface area contributed by atoms with Crippen LogP contribution in [0.5, 0.6) is 0 Å². The summed E-state index contributed by atoms with van der Waals surface area (Å²) in [6.07, 6.45) is 4.12. The third-order valence-electron chi connectivity index (χ3n) is 2.98. The number of anilines is 2. The maximum atomic E-state index is 6.03. The Kier molecular flexibility index (Phi) is 5.36. The van der Waals surface area contributed by atoms with E-state index < -0.39 is 0 Å². The summed E-state index contributed by atoms with van der Waals surface area (Å²) in [5, 5.41) is 3.76. The minimum absolute atomic E-state index is 0.480. The fourth-order valence-corrected chi connectivity index (χ4v) is 2.26. The molecular weight excluding hydrogens is 270 g/mol. The van der Waals surface area contributed by atoms with E-state index in [0.29, 0.717) is 5.15 Å². The molecule has 0 fully saturated rings. The number of nitrogens with one attached hydrogen (secondary N) is 1. The van der Waals surface area contributed by atoms with E-state index in [1.807, 2.05) is 0 Å². The summed E-state index contributed by atoms with van der Waals surface area (Å²) in [5.41, 5.74) is 2.37. The lowest BCUT2D eigenvalue weighted by atomic mass is 10.1. The first-order valence-corrected chi connectivity index (χ1v) is 7.48. The average molecular weight is 290 g/mol. The summed E-state index contributed by atoms with van der Waals surface area (Å²) in [5.74, 6) is 1.53. The van der Waals surface area contributed by atoms with Crippen molar-refractivity contribution in [3.63, 3.8) is 0 Å². The van der Waals surface area contributed by atoms with E-state index in [-0.39, 0.29) is 0 Å². The fourth-order valence-electron chi connectivity index (χ4n) is 2.06. The van der Waals surface area contributed by atoms with Crippen molar-refractivity contribution in [3.8, 4) is 0 Å². The largest absolute Gasteiger partial charge is 0.340 e. The van der Waals surface area contributed by atoms with Gasteiger partial charge in [0, 0.05) is 18.2 Å². The summed E-state index contributed by atoms with van der Waals surface area (Å²) >= 11 is 6.03. The molecule has 106 valence electrons. The smallest absolute Gasteiger partial charge is 0.135 e. The molecule has 0 aliphatic rings. The third kappa shape index (κ3) is 4.20. The van der Waals surface area contributed by atoms with E-state index in [4.69, 9.17) is 11.6 Å². The van der Waals surface area contributed by atoms with Gasteiger partial charge in [-0.15, -0.1) is 0 Å². The number of rotatable bonds is 6. The second-order valence-electron chi connectivity index (χ2n) is 4.81. The lowest BCUT2D eigenvalue weighted by Gasteiger charge is -2.08. The van der Waals surface area contributed by atoms with Crippen LogP contribution in [0.4, 0.5) is 11.5 Å². The van der Waals surface area contributed by atoms with Crippen LogP contribution in [0.1, 0.15) is 38.1 Å². The molecule has 0 saturated heterocycles. The van der Waals surface area contributed by atoms with Gasteiger partial charge in [0.1, 0.15) is 16.8 Å². The second-order valence-corrected chi connectivity index (χ2v) is 5.20. The van der Waals surface area contributed by atoms with Crippen molar-refractivity contribution in [3.05, 3.63) is 46.9 Å². The minimum Gasteiger partial charge on any atom is -0.340 e. The quantitative estimate of drug-likeness (QED) is 0.778. The molecule has 2 aromatic rings. The first kappa shape index (κ1) is 14.8. The highest BCUT2D eigenvalue weighted by atomic mass is 35.5. The molecule has 2 rings (SSSR count). The summed E-state index contributed by atoms with van der Waals surface area (Å²) in [6, 6.07) is 10.2. The Morgan fingerprint density at radius 2 is 1.70 bits per heavy atom. The van der Waals surface area contributed by atoms with E-state index >= 15 is 0 Å². The summed E-state index contributed by atoms with van der Waals surface area (Å²) in [6.45, 7) is 4.29. The summed E-state index contributed by atoms with van der Waals surface area (Å²) in [7, 11) is 0. The molecule has 0 bridgehead atoms. The van der Waals surface area contributed by atoms with Gasteiger partial charge in [0.25, 0.3) is 0 Å². The zero-order valence-corrected chi connectivity index (χ0v) is 12.7. The molecule has 0 saturated carbocycles. The number of halogens is 1. The molecule has 0 atom stereocenters. The molecule has 0 aliphatic carbocycles. The number of nitrogens with zero attached hydrogens (tertiary/aromatic N) is 2. The maximum absolute atomic E-state index is 6.03. The highest BCUT2D eigenvalue weighted by molar-refractivity contribution is 6.29. The van der Waals surface area contributed by atoms with Gasteiger partial charge in [-0.25, -0.2) is 9.97 Å². The topological polar surface area (TPSA) is 37.8 Å². The molecular formula is C16H20ClN3. The van der Waals surface area contributed by atoms with Crippen LogP contribution in [0, 0.1) is 0 Å². The van der Waals surface area contributed by atoms with Gasteiger partial charge in [0.05, 0.1) is 0 Å². The van der Waals surface area contributed by atoms with Crippen molar-refractivity contribution in [2.24, 2.45) is 0 Å². The molecule has 4 heteroatoms. The molecule has 3 nitrogen and oxygen atoms in total. The highest BCUT2D eigenvalue weighted by Crippen LogP contribution is 2.19. The molecule has 0 radical (unpaired) electrons. The zero-order chi connectivity index (χ0) is 14.4. The number of hydrogen-bond acceptors (Lipinski definition) is 3. The molecule has 0 amide bonds. The molecule has 0 spiro atoms. The predicted octanol–water partition coefficient (Wildman–Crippen LogP) is 4.78. The lowest BCUT2D eigenvalue weighted by Crippen LogP contribution is -2.00. The predicted molar refractivity (Wildman–Crippen MR) is 84.8 cm³/mol. The van der Waals surface area contributed by atoms with E-state index in [0.717, 1.165) is 43.0 Å². The van der Waals surface area contributed by atoms with Crippen molar-refractivity contribution >= 4 is 23.1 Å². The van der Waals surface area contributed by atoms with Gasteiger partial charge in [-0.1, -0.05) is 44.0 Å². The molecule has 20 heavy (non-hydrogen) atoms.